The molecule has 0 aliphatic heterocycles. The summed E-state index contributed by atoms with van der Waals surface area (Å²) in [5.74, 6) is -0.239. The molecule has 0 spiro atoms. The minimum atomic E-state index is -0.315. The number of benzene rings is 1. The summed E-state index contributed by atoms with van der Waals surface area (Å²) >= 11 is 0. The summed E-state index contributed by atoms with van der Waals surface area (Å²) in [5, 5.41) is 9.04. The molecule has 0 heterocycles. The van der Waals surface area contributed by atoms with Gasteiger partial charge in [-0.05, 0) is 37.1 Å². The van der Waals surface area contributed by atoms with Gasteiger partial charge in [-0.15, -0.1) is 0 Å². The van der Waals surface area contributed by atoms with Crippen molar-refractivity contribution >= 4 is 0 Å². The number of hydrogen-bond donors (Lipinski definition) is 2. The van der Waals surface area contributed by atoms with Crippen LogP contribution >= 0.6 is 0 Å². The van der Waals surface area contributed by atoms with Crippen molar-refractivity contribution in [1.29, 1.82) is 0 Å². The Labute approximate surface area is 70.8 Å². The van der Waals surface area contributed by atoms with Gasteiger partial charge in [0.2, 0.25) is 0 Å². The molecular formula is C9H12FNO. The molecule has 12 heavy (non-hydrogen) atoms. The van der Waals surface area contributed by atoms with Crippen molar-refractivity contribution in [2.24, 2.45) is 5.73 Å². The molecule has 0 aromatic heterocycles. The fraction of sp³-hybridized carbons (Fsp3) is 0.333. The van der Waals surface area contributed by atoms with Crippen LogP contribution in [-0.2, 0) is 6.42 Å². The summed E-state index contributed by atoms with van der Waals surface area (Å²) in [6, 6.07) is 3.87. The fourth-order valence-corrected chi connectivity index (χ4v) is 1.06. The van der Waals surface area contributed by atoms with Gasteiger partial charge in [-0.1, -0.05) is 0 Å². The molecule has 0 amide bonds. The van der Waals surface area contributed by atoms with E-state index in [1.54, 1.807) is 6.92 Å². The molecule has 66 valence electrons. The van der Waals surface area contributed by atoms with E-state index in [0.29, 0.717) is 12.0 Å². The van der Waals surface area contributed by atoms with Gasteiger partial charge < -0.3 is 10.8 Å². The second kappa shape index (κ2) is 3.54. The molecular weight excluding hydrogens is 157 g/mol. The lowest BCUT2D eigenvalue weighted by Crippen LogP contribution is -2.18. The number of phenolic OH excluding ortho intramolecular Hbond substituents is 1. The second-order valence-corrected chi connectivity index (χ2v) is 2.96. The van der Waals surface area contributed by atoms with Crippen molar-refractivity contribution in [1.82, 2.24) is 0 Å². The van der Waals surface area contributed by atoms with Crippen molar-refractivity contribution in [2.45, 2.75) is 19.4 Å². The molecule has 3 heteroatoms. The van der Waals surface area contributed by atoms with Crippen LogP contribution in [0.25, 0.3) is 0 Å². The van der Waals surface area contributed by atoms with Crippen molar-refractivity contribution < 1.29 is 9.50 Å². The number of phenols is 1. The lowest BCUT2D eigenvalue weighted by atomic mass is 10.1. The van der Waals surface area contributed by atoms with Crippen LogP contribution in [0.1, 0.15) is 12.5 Å². The van der Waals surface area contributed by atoms with Crippen molar-refractivity contribution in [3.63, 3.8) is 0 Å². The maximum Gasteiger partial charge on any atom is 0.126 e. The number of rotatable bonds is 2. The first-order chi connectivity index (χ1) is 5.59. The highest BCUT2D eigenvalue weighted by molar-refractivity contribution is 5.29. The predicted molar refractivity (Wildman–Crippen MR) is 45.4 cm³/mol. The minimum absolute atomic E-state index is 0.0760. The van der Waals surface area contributed by atoms with E-state index in [1.807, 2.05) is 0 Å². The van der Waals surface area contributed by atoms with E-state index in [-0.39, 0.29) is 17.6 Å². The average Bonchev–Trinajstić information content (AvgIpc) is 1.96. The van der Waals surface area contributed by atoms with E-state index in [1.165, 1.54) is 18.2 Å². The van der Waals surface area contributed by atoms with Crippen LogP contribution in [0.15, 0.2) is 18.2 Å². The predicted octanol–water partition coefficient (Wildman–Crippen LogP) is 1.42. The van der Waals surface area contributed by atoms with Gasteiger partial charge in [-0.3, -0.25) is 0 Å². The molecule has 0 saturated heterocycles. The van der Waals surface area contributed by atoms with Crippen LogP contribution in [-0.4, -0.2) is 11.1 Å². The first kappa shape index (κ1) is 9.00. The van der Waals surface area contributed by atoms with Gasteiger partial charge in [-0.25, -0.2) is 4.39 Å². The highest BCUT2D eigenvalue weighted by Crippen LogP contribution is 2.16. The summed E-state index contributed by atoms with van der Waals surface area (Å²) in [6.07, 6.45) is 0.445. The Morgan fingerprint density at radius 1 is 1.58 bits per heavy atom. The first-order valence-electron chi connectivity index (χ1n) is 3.82. The van der Waals surface area contributed by atoms with E-state index in [9.17, 15) is 4.39 Å². The van der Waals surface area contributed by atoms with Crippen LogP contribution in [0.4, 0.5) is 4.39 Å². The number of halogens is 1. The summed E-state index contributed by atoms with van der Waals surface area (Å²) in [7, 11) is 0. The van der Waals surface area contributed by atoms with E-state index >= 15 is 0 Å². The Morgan fingerprint density at radius 2 is 2.25 bits per heavy atom. The molecule has 0 radical (unpaired) electrons. The summed E-state index contributed by atoms with van der Waals surface area (Å²) in [6.45, 7) is 1.80. The van der Waals surface area contributed by atoms with Gasteiger partial charge >= 0.3 is 0 Å². The van der Waals surface area contributed by atoms with Gasteiger partial charge in [0.1, 0.15) is 11.6 Å². The van der Waals surface area contributed by atoms with E-state index in [4.69, 9.17) is 10.8 Å². The average molecular weight is 169 g/mol. The number of hydrogen-bond acceptors (Lipinski definition) is 2. The number of aromatic hydroxyl groups is 1. The largest absolute Gasteiger partial charge is 0.508 e. The molecule has 1 aromatic carbocycles. The Hall–Kier alpha value is -1.09. The lowest BCUT2D eigenvalue weighted by Gasteiger charge is -2.06. The van der Waals surface area contributed by atoms with Crippen LogP contribution in [0, 0.1) is 5.82 Å². The molecule has 0 aliphatic rings. The van der Waals surface area contributed by atoms with E-state index in [2.05, 4.69) is 0 Å². The fourth-order valence-electron chi connectivity index (χ4n) is 1.06. The van der Waals surface area contributed by atoms with Gasteiger partial charge in [0, 0.05) is 6.04 Å². The monoisotopic (exact) mass is 169 g/mol. The van der Waals surface area contributed by atoms with E-state index in [0.717, 1.165) is 0 Å². The maximum absolute atomic E-state index is 13.0. The molecule has 0 bridgehead atoms. The van der Waals surface area contributed by atoms with Crippen molar-refractivity contribution in [2.75, 3.05) is 0 Å². The SMILES string of the molecule is C[C@H](N)Cc1cc(O)ccc1F. The molecule has 1 rings (SSSR count). The maximum atomic E-state index is 13.0. The zero-order chi connectivity index (χ0) is 9.14. The quantitative estimate of drug-likeness (QED) is 0.703. The Morgan fingerprint density at radius 3 is 2.83 bits per heavy atom. The second-order valence-electron chi connectivity index (χ2n) is 2.96. The normalized spacial score (nSPS) is 12.9. The third-order valence-corrected chi connectivity index (χ3v) is 1.57. The van der Waals surface area contributed by atoms with Gasteiger partial charge in [0.05, 0.1) is 0 Å². The molecule has 3 N–H and O–H groups in total. The van der Waals surface area contributed by atoms with Crippen molar-refractivity contribution in [3.05, 3.63) is 29.6 Å². The summed E-state index contributed by atoms with van der Waals surface area (Å²) < 4.78 is 13.0. The molecule has 0 saturated carbocycles. The van der Waals surface area contributed by atoms with Crippen LogP contribution in [0.2, 0.25) is 0 Å². The number of nitrogens with two attached hydrogens (primary N) is 1. The third kappa shape index (κ3) is 2.20. The summed E-state index contributed by atoms with van der Waals surface area (Å²) in [5.41, 5.74) is 5.96. The zero-order valence-corrected chi connectivity index (χ0v) is 6.92. The minimum Gasteiger partial charge on any atom is -0.508 e. The Balaban J connectivity index is 2.90. The third-order valence-electron chi connectivity index (χ3n) is 1.57. The highest BCUT2D eigenvalue weighted by atomic mass is 19.1. The zero-order valence-electron chi connectivity index (χ0n) is 6.92. The van der Waals surface area contributed by atoms with Gasteiger partial charge in [-0.2, -0.15) is 0 Å². The lowest BCUT2D eigenvalue weighted by molar-refractivity contribution is 0.470. The molecule has 1 atom stereocenters. The van der Waals surface area contributed by atoms with Crippen LogP contribution in [0.3, 0.4) is 0 Å². The van der Waals surface area contributed by atoms with E-state index < -0.39 is 0 Å². The topological polar surface area (TPSA) is 46.2 Å². The Bertz CT molecular complexity index is 273. The molecule has 1 aromatic rings. The summed E-state index contributed by atoms with van der Waals surface area (Å²) in [4.78, 5) is 0. The highest BCUT2D eigenvalue weighted by Gasteiger charge is 2.04. The van der Waals surface area contributed by atoms with Crippen LogP contribution < -0.4 is 5.73 Å². The van der Waals surface area contributed by atoms with Gasteiger partial charge in [0.25, 0.3) is 0 Å². The molecule has 0 unspecified atom stereocenters. The smallest absolute Gasteiger partial charge is 0.126 e. The molecule has 0 aliphatic carbocycles. The van der Waals surface area contributed by atoms with Gasteiger partial charge in [0.15, 0.2) is 0 Å². The standard InChI is InChI=1S/C9H12FNO/c1-6(11)4-7-5-8(12)2-3-9(7)10/h2-3,5-6,12H,4,11H2,1H3/t6-/m0/s1. The molecule has 2 nitrogen and oxygen atoms in total. The van der Waals surface area contributed by atoms with Crippen LogP contribution in [0.5, 0.6) is 5.75 Å². The van der Waals surface area contributed by atoms with Crippen molar-refractivity contribution in [3.8, 4) is 5.75 Å². The molecule has 0 fully saturated rings. The first-order valence-corrected chi connectivity index (χ1v) is 3.82. The Kier molecular flexibility index (Phi) is 2.65.